The summed E-state index contributed by atoms with van der Waals surface area (Å²) < 4.78 is 0. The van der Waals surface area contributed by atoms with Crippen LogP contribution in [0.25, 0.3) is 0 Å². The van der Waals surface area contributed by atoms with E-state index < -0.39 is 5.60 Å². The van der Waals surface area contributed by atoms with Gasteiger partial charge in [0.1, 0.15) is 5.60 Å². The fraction of sp³-hybridized carbons (Fsp3) is 0.692. The van der Waals surface area contributed by atoms with Crippen molar-refractivity contribution < 1.29 is 5.11 Å². The minimum Gasteiger partial charge on any atom is -0.382 e. The topological polar surface area (TPSA) is 49.3 Å². The summed E-state index contributed by atoms with van der Waals surface area (Å²) in [7, 11) is 2.07. The average molecular weight is 235 g/mol. The molecule has 0 atom stereocenters. The fourth-order valence-electron chi connectivity index (χ4n) is 2.09. The highest BCUT2D eigenvalue weighted by molar-refractivity contribution is 5.13. The van der Waals surface area contributed by atoms with Crippen LogP contribution in [-0.2, 0) is 5.60 Å². The monoisotopic (exact) mass is 235 g/mol. The number of rotatable bonds is 2. The average Bonchev–Trinajstić information content (AvgIpc) is 2.33. The first-order chi connectivity index (χ1) is 8.01. The smallest absolute Gasteiger partial charge is 0.160 e. The molecule has 1 N–H and O–H groups in total. The molecular formula is C13H21N3O. The maximum Gasteiger partial charge on any atom is 0.160 e. The van der Waals surface area contributed by atoms with Crippen molar-refractivity contribution in [3.63, 3.8) is 0 Å². The minimum atomic E-state index is -0.831. The second-order valence-corrected chi connectivity index (χ2v) is 5.33. The number of piperidine rings is 1. The number of hydrogen-bond acceptors (Lipinski definition) is 4. The van der Waals surface area contributed by atoms with Gasteiger partial charge in [-0.3, -0.25) is 0 Å². The molecule has 94 valence electrons. The Morgan fingerprint density at radius 1 is 1.24 bits per heavy atom. The van der Waals surface area contributed by atoms with E-state index in [1.165, 1.54) is 0 Å². The molecule has 0 bridgehead atoms. The van der Waals surface area contributed by atoms with Crippen molar-refractivity contribution in [3.8, 4) is 0 Å². The molecule has 17 heavy (non-hydrogen) atoms. The molecule has 1 aromatic rings. The largest absolute Gasteiger partial charge is 0.382 e. The van der Waals surface area contributed by atoms with Crippen molar-refractivity contribution in [2.45, 2.75) is 38.2 Å². The fourth-order valence-corrected chi connectivity index (χ4v) is 2.09. The molecular weight excluding hydrogens is 214 g/mol. The van der Waals surface area contributed by atoms with Crippen LogP contribution < -0.4 is 0 Å². The first-order valence-electron chi connectivity index (χ1n) is 6.24. The van der Waals surface area contributed by atoms with Gasteiger partial charge in [-0.25, -0.2) is 9.97 Å². The lowest BCUT2D eigenvalue weighted by molar-refractivity contribution is -0.0277. The Morgan fingerprint density at radius 2 is 1.76 bits per heavy atom. The lowest BCUT2D eigenvalue weighted by Crippen LogP contribution is -2.41. The van der Waals surface area contributed by atoms with Crippen molar-refractivity contribution in [2.75, 3.05) is 20.1 Å². The standard InChI is InChI=1S/C13H21N3O/c1-10(2)11-8-14-12(15-9-11)13(17)4-6-16(3)7-5-13/h8-10,17H,4-7H2,1-3H3. The van der Waals surface area contributed by atoms with Crippen LogP contribution in [-0.4, -0.2) is 40.1 Å². The van der Waals surface area contributed by atoms with Crippen LogP contribution >= 0.6 is 0 Å². The van der Waals surface area contributed by atoms with Crippen LogP contribution in [0.15, 0.2) is 12.4 Å². The number of aliphatic hydroxyl groups is 1. The van der Waals surface area contributed by atoms with E-state index in [1.54, 1.807) is 0 Å². The van der Waals surface area contributed by atoms with E-state index in [4.69, 9.17) is 0 Å². The maximum absolute atomic E-state index is 10.5. The van der Waals surface area contributed by atoms with E-state index in [-0.39, 0.29) is 0 Å². The second-order valence-electron chi connectivity index (χ2n) is 5.33. The highest BCUT2D eigenvalue weighted by Gasteiger charge is 2.35. The van der Waals surface area contributed by atoms with Crippen molar-refractivity contribution >= 4 is 0 Å². The Morgan fingerprint density at radius 3 is 2.24 bits per heavy atom. The lowest BCUT2D eigenvalue weighted by Gasteiger charge is -2.35. The van der Waals surface area contributed by atoms with Gasteiger partial charge in [0.2, 0.25) is 0 Å². The molecule has 1 fully saturated rings. The summed E-state index contributed by atoms with van der Waals surface area (Å²) >= 11 is 0. The Bertz CT molecular complexity index is 367. The summed E-state index contributed by atoms with van der Waals surface area (Å²) in [5, 5.41) is 10.5. The zero-order valence-corrected chi connectivity index (χ0v) is 10.8. The Labute approximate surface area is 103 Å². The van der Waals surface area contributed by atoms with Crippen molar-refractivity contribution in [1.82, 2.24) is 14.9 Å². The molecule has 2 heterocycles. The molecule has 0 saturated carbocycles. The van der Waals surface area contributed by atoms with Gasteiger partial charge in [0.05, 0.1) is 0 Å². The summed E-state index contributed by atoms with van der Waals surface area (Å²) in [6.07, 6.45) is 5.10. The van der Waals surface area contributed by atoms with E-state index >= 15 is 0 Å². The zero-order chi connectivity index (χ0) is 12.5. The summed E-state index contributed by atoms with van der Waals surface area (Å²) in [5.74, 6) is 1.01. The summed E-state index contributed by atoms with van der Waals surface area (Å²) in [6.45, 7) is 6.02. The van der Waals surface area contributed by atoms with Crippen LogP contribution in [0.3, 0.4) is 0 Å². The van der Waals surface area contributed by atoms with Gasteiger partial charge in [-0.1, -0.05) is 13.8 Å². The van der Waals surface area contributed by atoms with E-state index in [9.17, 15) is 5.11 Å². The van der Waals surface area contributed by atoms with Gasteiger partial charge >= 0.3 is 0 Å². The lowest BCUT2D eigenvalue weighted by atomic mass is 9.90. The molecule has 4 nitrogen and oxygen atoms in total. The molecule has 0 spiro atoms. The third kappa shape index (κ3) is 2.64. The Balaban J connectivity index is 2.16. The summed E-state index contributed by atoms with van der Waals surface area (Å²) in [6, 6.07) is 0. The Hall–Kier alpha value is -1.00. The molecule has 0 radical (unpaired) electrons. The summed E-state index contributed by atoms with van der Waals surface area (Å²) in [4.78, 5) is 10.9. The van der Waals surface area contributed by atoms with Gasteiger partial charge in [-0.15, -0.1) is 0 Å². The molecule has 0 amide bonds. The van der Waals surface area contributed by atoms with Gasteiger partial charge in [0, 0.05) is 25.5 Å². The van der Waals surface area contributed by atoms with Gasteiger partial charge < -0.3 is 10.0 Å². The van der Waals surface area contributed by atoms with Crippen LogP contribution in [0.1, 0.15) is 44.0 Å². The molecule has 0 aliphatic carbocycles. The van der Waals surface area contributed by atoms with E-state index in [2.05, 4.69) is 35.8 Å². The molecule has 1 aromatic heterocycles. The predicted octanol–water partition coefficient (Wildman–Crippen LogP) is 1.51. The first-order valence-corrected chi connectivity index (χ1v) is 6.24. The minimum absolute atomic E-state index is 0.427. The van der Waals surface area contributed by atoms with E-state index in [1.807, 2.05) is 12.4 Å². The van der Waals surface area contributed by atoms with Crippen LogP contribution in [0.4, 0.5) is 0 Å². The summed E-state index contributed by atoms with van der Waals surface area (Å²) in [5.41, 5.74) is 0.285. The highest BCUT2D eigenvalue weighted by Crippen LogP contribution is 2.30. The quantitative estimate of drug-likeness (QED) is 0.844. The number of aromatic nitrogens is 2. The normalized spacial score (nSPS) is 20.8. The zero-order valence-electron chi connectivity index (χ0n) is 10.8. The first kappa shape index (κ1) is 12.5. The van der Waals surface area contributed by atoms with Crippen molar-refractivity contribution in [3.05, 3.63) is 23.8 Å². The van der Waals surface area contributed by atoms with Crippen LogP contribution in [0.5, 0.6) is 0 Å². The van der Waals surface area contributed by atoms with Gasteiger partial charge in [-0.05, 0) is 31.4 Å². The molecule has 1 aliphatic rings. The van der Waals surface area contributed by atoms with Crippen LogP contribution in [0, 0.1) is 0 Å². The highest BCUT2D eigenvalue weighted by atomic mass is 16.3. The number of nitrogens with zero attached hydrogens (tertiary/aromatic N) is 3. The van der Waals surface area contributed by atoms with Gasteiger partial charge in [0.25, 0.3) is 0 Å². The molecule has 4 heteroatoms. The number of hydrogen-bond donors (Lipinski definition) is 1. The van der Waals surface area contributed by atoms with E-state index in [0.717, 1.165) is 18.7 Å². The van der Waals surface area contributed by atoms with Gasteiger partial charge in [0.15, 0.2) is 5.82 Å². The number of likely N-dealkylation sites (tertiary alicyclic amines) is 1. The van der Waals surface area contributed by atoms with Crippen molar-refractivity contribution in [2.24, 2.45) is 0 Å². The SMILES string of the molecule is CC(C)c1cnc(C2(O)CCN(C)CC2)nc1. The molecule has 0 aromatic carbocycles. The maximum atomic E-state index is 10.5. The van der Waals surface area contributed by atoms with Crippen LogP contribution in [0.2, 0.25) is 0 Å². The van der Waals surface area contributed by atoms with Gasteiger partial charge in [-0.2, -0.15) is 0 Å². The van der Waals surface area contributed by atoms with Crippen molar-refractivity contribution in [1.29, 1.82) is 0 Å². The molecule has 2 rings (SSSR count). The Kier molecular flexibility index (Phi) is 3.45. The third-order valence-electron chi connectivity index (χ3n) is 3.57. The third-order valence-corrected chi connectivity index (χ3v) is 3.57. The molecule has 0 unspecified atom stereocenters. The molecule has 1 saturated heterocycles. The molecule has 1 aliphatic heterocycles. The predicted molar refractivity (Wildman–Crippen MR) is 66.7 cm³/mol. The van der Waals surface area contributed by atoms with E-state index in [0.29, 0.717) is 24.6 Å². The second kappa shape index (κ2) is 4.70.